The molecule has 0 spiro atoms. The Morgan fingerprint density at radius 3 is 2.35 bits per heavy atom. The highest BCUT2D eigenvalue weighted by atomic mass is 32.2. The van der Waals surface area contributed by atoms with E-state index in [9.17, 15) is 8.42 Å². The van der Waals surface area contributed by atoms with Crippen molar-refractivity contribution in [2.24, 2.45) is 0 Å². The topological polar surface area (TPSA) is 84.5 Å². The van der Waals surface area contributed by atoms with Crippen LogP contribution in [0, 0.1) is 0 Å². The number of likely N-dealkylation sites (N-methyl/N-ethyl adjacent to an activating group) is 1. The molecule has 1 fully saturated rings. The first kappa shape index (κ1) is 15.1. The molecule has 0 bridgehead atoms. The van der Waals surface area contributed by atoms with Crippen LogP contribution in [0.3, 0.4) is 0 Å². The van der Waals surface area contributed by atoms with Gasteiger partial charge in [0.1, 0.15) is 5.82 Å². The van der Waals surface area contributed by atoms with Gasteiger partial charge in [0.15, 0.2) is 20.6 Å². The van der Waals surface area contributed by atoms with E-state index in [0.29, 0.717) is 12.4 Å². The highest BCUT2D eigenvalue weighted by Gasteiger charge is 2.28. The van der Waals surface area contributed by atoms with Crippen LogP contribution in [0.2, 0.25) is 0 Å². The molecule has 1 aliphatic rings. The molecule has 0 radical (unpaired) electrons. The van der Waals surface area contributed by atoms with Crippen molar-refractivity contribution in [3.63, 3.8) is 0 Å². The summed E-state index contributed by atoms with van der Waals surface area (Å²) < 4.78 is 25.7. The third kappa shape index (κ3) is 2.90. The maximum absolute atomic E-state index is 12.0. The molecular weight excluding hydrogens is 278 g/mol. The van der Waals surface area contributed by atoms with Crippen molar-refractivity contribution in [2.75, 3.05) is 50.1 Å². The lowest BCUT2D eigenvalue weighted by Crippen LogP contribution is -2.45. The first-order valence-electron chi connectivity index (χ1n) is 6.84. The lowest BCUT2D eigenvalue weighted by atomic mass is 10.3. The van der Waals surface area contributed by atoms with Gasteiger partial charge in [0.25, 0.3) is 0 Å². The second-order valence-corrected chi connectivity index (χ2v) is 7.28. The minimum absolute atomic E-state index is 0.176. The number of hydrogen-bond acceptors (Lipinski definition) is 6. The number of hydrogen-bond donors (Lipinski definition) is 1. The first-order chi connectivity index (χ1) is 9.34. The van der Waals surface area contributed by atoms with E-state index >= 15 is 0 Å². The van der Waals surface area contributed by atoms with Crippen LogP contribution in [-0.2, 0) is 16.4 Å². The Balaban J connectivity index is 2.43. The Morgan fingerprint density at radius 1 is 1.25 bits per heavy atom. The van der Waals surface area contributed by atoms with Crippen molar-refractivity contribution >= 4 is 21.5 Å². The second kappa shape index (κ2) is 5.61. The first-order valence-corrected chi connectivity index (χ1v) is 8.73. The molecule has 0 amide bonds. The number of nitrogens with two attached hydrogens (primary N) is 1. The van der Waals surface area contributed by atoms with E-state index in [1.807, 2.05) is 11.8 Å². The van der Waals surface area contributed by atoms with Gasteiger partial charge in [0.2, 0.25) is 0 Å². The minimum atomic E-state index is -3.39. The summed E-state index contributed by atoms with van der Waals surface area (Å²) in [5, 5.41) is 4.43. The van der Waals surface area contributed by atoms with Gasteiger partial charge in [-0.15, -0.1) is 0 Å². The van der Waals surface area contributed by atoms with E-state index in [-0.39, 0.29) is 10.7 Å². The Hall–Kier alpha value is -1.28. The molecule has 0 atom stereocenters. The van der Waals surface area contributed by atoms with Crippen molar-refractivity contribution in [1.82, 2.24) is 14.7 Å². The van der Waals surface area contributed by atoms with E-state index in [2.05, 4.69) is 17.0 Å². The number of anilines is 2. The van der Waals surface area contributed by atoms with Gasteiger partial charge in [-0.1, -0.05) is 6.92 Å². The van der Waals surface area contributed by atoms with Crippen LogP contribution < -0.4 is 10.6 Å². The van der Waals surface area contributed by atoms with Gasteiger partial charge >= 0.3 is 0 Å². The summed E-state index contributed by atoms with van der Waals surface area (Å²) >= 11 is 0. The van der Waals surface area contributed by atoms with Crippen LogP contribution in [-0.4, -0.2) is 62.6 Å². The molecule has 1 aliphatic heterocycles. The van der Waals surface area contributed by atoms with E-state index in [1.54, 1.807) is 4.68 Å². The van der Waals surface area contributed by atoms with Gasteiger partial charge in [-0.2, -0.15) is 5.10 Å². The summed E-state index contributed by atoms with van der Waals surface area (Å²) in [6.45, 7) is 5.95. The zero-order chi connectivity index (χ0) is 14.9. The quantitative estimate of drug-likeness (QED) is 0.844. The molecule has 0 aliphatic carbocycles. The Bertz CT molecular complexity index is 573. The molecule has 2 rings (SSSR count). The molecule has 20 heavy (non-hydrogen) atoms. The molecule has 0 saturated carbocycles. The van der Waals surface area contributed by atoms with Crippen molar-refractivity contribution in [1.29, 1.82) is 0 Å². The summed E-state index contributed by atoms with van der Waals surface area (Å²) in [5.74, 6) is 0.759. The summed E-state index contributed by atoms with van der Waals surface area (Å²) in [6, 6.07) is 0. The molecule has 114 valence electrons. The van der Waals surface area contributed by atoms with E-state index in [1.165, 1.54) is 6.26 Å². The maximum atomic E-state index is 12.0. The number of aromatic nitrogens is 2. The zero-order valence-corrected chi connectivity index (χ0v) is 13.2. The van der Waals surface area contributed by atoms with Crippen molar-refractivity contribution in [2.45, 2.75) is 24.8 Å². The predicted molar refractivity (Wildman–Crippen MR) is 79.8 cm³/mol. The summed E-state index contributed by atoms with van der Waals surface area (Å²) in [6.07, 6.45) is 2.05. The van der Waals surface area contributed by atoms with Gasteiger partial charge in [-0.3, -0.25) is 0 Å². The maximum Gasteiger partial charge on any atom is 0.182 e. The Morgan fingerprint density at radius 2 is 1.85 bits per heavy atom. The van der Waals surface area contributed by atoms with Crippen LogP contribution >= 0.6 is 0 Å². The smallest absolute Gasteiger partial charge is 0.182 e. The van der Waals surface area contributed by atoms with Crippen molar-refractivity contribution in [3.8, 4) is 0 Å². The minimum Gasteiger partial charge on any atom is -0.383 e. The number of nitrogen functional groups attached to an aromatic ring is 1. The van der Waals surface area contributed by atoms with E-state index in [4.69, 9.17) is 5.73 Å². The summed E-state index contributed by atoms with van der Waals surface area (Å²) in [7, 11) is -1.33. The van der Waals surface area contributed by atoms with Crippen molar-refractivity contribution in [3.05, 3.63) is 0 Å². The van der Waals surface area contributed by atoms with Crippen LogP contribution in [0.15, 0.2) is 4.90 Å². The lowest BCUT2D eigenvalue weighted by molar-refractivity contribution is 0.311. The molecule has 8 heteroatoms. The average Bonchev–Trinajstić information content (AvgIpc) is 2.68. The molecule has 1 aromatic heterocycles. The van der Waals surface area contributed by atoms with Gasteiger partial charge in [0, 0.05) is 39.0 Å². The van der Waals surface area contributed by atoms with E-state index < -0.39 is 9.84 Å². The zero-order valence-electron chi connectivity index (χ0n) is 12.3. The highest BCUT2D eigenvalue weighted by molar-refractivity contribution is 7.91. The van der Waals surface area contributed by atoms with Crippen LogP contribution in [0.1, 0.15) is 13.3 Å². The fourth-order valence-electron chi connectivity index (χ4n) is 2.41. The lowest BCUT2D eigenvalue weighted by Gasteiger charge is -2.32. The van der Waals surface area contributed by atoms with Gasteiger partial charge < -0.3 is 15.5 Å². The largest absolute Gasteiger partial charge is 0.383 e. The standard InChI is InChI=1S/C12H23N5O2S/c1-4-5-17-11(13)10(20(3,18)19)12(14-17)16-8-6-15(2)7-9-16/h4-9,13H2,1-3H3. The fraction of sp³-hybridized carbons (Fsp3) is 0.750. The normalized spacial score (nSPS) is 17.6. The molecule has 2 N–H and O–H groups in total. The highest BCUT2D eigenvalue weighted by Crippen LogP contribution is 2.30. The molecule has 2 heterocycles. The molecule has 0 unspecified atom stereocenters. The van der Waals surface area contributed by atoms with Gasteiger partial charge in [0.05, 0.1) is 0 Å². The van der Waals surface area contributed by atoms with Gasteiger partial charge in [-0.25, -0.2) is 13.1 Å². The number of aryl methyl sites for hydroxylation is 1. The molecule has 1 aromatic rings. The fourth-order valence-corrected chi connectivity index (χ4v) is 3.40. The van der Waals surface area contributed by atoms with E-state index in [0.717, 1.165) is 32.6 Å². The Labute approximate surface area is 120 Å². The predicted octanol–water partition coefficient (Wildman–Crippen LogP) is 0.0306. The third-order valence-corrected chi connectivity index (χ3v) is 4.67. The summed E-state index contributed by atoms with van der Waals surface area (Å²) in [5.41, 5.74) is 5.99. The average molecular weight is 301 g/mol. The Kier molecular flexibility index (Phi) is 4.24. The van der Waals surface area contributed by atoms with Crippen molar-refractivity contribution < 1.29 is 8.42 Å². The van der Waals surface area contributed by atoms with Crippen LogP contribution in [0.4, 0.5) is 11.6 Å². The van der Waals surface area contributed by atoms with Crippen LogP contribution in [0.25, 0.3) is 0 Å². The second-order valence-electron chi connectivity index (χ2n) is 5.32. The molecule has 1 saturated heterocycles. The monoisotopic (exact) mass is 301 g/mol. The third-order valence-electron chi connectivity index (χ3n) is 3.54. The number of nitrogens with zero attached hydrogens (tertiary/aromatic N) is 4. The number of rotatable bonds is 4. The SMILES string of the molecule is CCCn1nc(N2CCN(C)CC2)c(S(C)(=O)=O)c1N. The van der Waals surface area contributed by atoms with Crippen LogP contribution in [0.5, 0.6) is 0 Å². The summed E-state index contributed by atoms with van der Waals surface area (Å²) in [4.78, 5) is 4.40. The molecule has 0 aromatic carbocycles. The molecular formula is C12H23N5O2S. The molecule has 7 nitrogen and oxygen atoms in total. The number of piperazine rings is 1. The number of sulfone groups is 1. The van der Waals surface area contributed by atoms with Gasteiger partial charge in [-0.05, 0) is 13.5 Å².